The van der Waals surface area contributed by atoms with Crippen molar-refractivity contribution in [3.8, 4) is 0 Å². The number of unbranched alkanes of at least 4 members (excludes halogenated alkanes) is 2. The standard InChI is InChI=1S/C14H20N4O/c1-18(7-3-2-4-8-19)14-12-6-5-11(15)9-13(12)16-10-17-14/h5-6,9-10,19H,2-4,7-8,15H2,1H3. The van der Waals surface area contributed by atoms with Crippen molar-refractivity contribution < 1.29 is 5.11 Å². The van der Waals surface area contributed by atoms with Crippen molar-refractivity contribution in [2.45, 2.75) is 19.3 Å². The summed E-state index contributed by atoms with van der Waals surface area (Å²) < 4.78 is 0. The molecule has 0 aliphatic carbocycles. The van der Waals surface area contributed by atoms with Gasteiger partial charge in [0, 0.05) is 31.3 Å². The topological polar surface area (TPSA) is 75.3 Å². The maximum atomic E-state index is 8.77. The van der Waals surface area contributed by atoms with Crippen LogP contribution in [0.15, 0.2) is 24.5 Å². The highest BCUT2D eigenvalue weighted by molar-refractivity contribution is 5.91. The molecule has 19 heavy (non-hydrogen) atoms. The number of aliphatic hydroxyl groups is 1. The molecule has 5 nitrogen and oxygen atoms in total. The average molecular weight is 260 g/mol. The molecule has 102 valence electrons. The number of aliphatic hydroxyl groups excluding tert-OH is 1. The molecule has 5 heteroatoms. The number of hydrogen-bond donors (Lipinski definition) is 2. The second kappa shape index (κ2) is 6.33. The molecule has 0 saturated carbocycles. The fraction of sp³-hybridized carbons (Fsp3) is 0.429. The van der Waals surface area contributed by atoms with E-state index >= 15 is 0 Å². The van der Waals surface area contributed by atoms with Gasteiger partial charge in [-0.25, -0.2) is 9.97 Å². The minimum absolute atomic E-state index is 0.263. The van der Waals surface area contributed by atoms with Crippen LogP contribution in [0.3, 0.4) is 0 Å². The number of nitrogens with two attached hydrogens (primary N) is 1. The van der Waals surface area contributed by atoms with Crippen LogP contribution in [0.1, 0.15) is 19.3 Å². The maximum absolute atomic E-state index is 8.77. The first-order chi connectivity index (χ1) is 9.22. The van der Waals surface area contributed by atoms with Gasteiger partial charge in [-0.3, -0.25) is 0 Å². The van der Waals surface area contributed by atoms with Gasteiger partial charge in [-0.1, -0.05) is 0 Å². The van der Waals surface area contributed by atoms with E-state index in [0.29, 0.717) is 5.69 Å². The molecule has 0 aliphatic heterocycles. The predicted molar refractivity (Wildman–Crippen MR) is 78.2 cm³/mol. The van der Waals surface area contributed by atoms with Crippen LogP contribution in [0, 0.1) is 0 Å². The van der Waals surface area contributed by atoms with Crippen molar-refractivity contribution in [2.24, 2.45) is 0 Å². The second-order valence-corrected chi connectivity index (χ2v) is 4.68. The van der Waals surface area contributed by atoms with Gasteiger partial charge in [-0.2, -0.15) is 0 Å². The summed E-state index contributed by atoms with van der Waals surface area (Å²) in [5.74, 6) is 0.925. The Morgan fingerprint density at radius 3 is 2.84 bits per heavy atom. The second-order valence-electron chi connectivity index (χ2n) is 4.68. The molecule has 0 atom stereocenters. The van der Waals surface area contributed by atoms with E-state index in [4.69, 9.17) is 10.8 Å². The summed E-state index contributed by atoms with van der Waals surface area (Å²) in [6.45, 7) is 1.18. The zero-order valence-electron chi connectivity index (χ0n) is 11.2. The van der Waals surface area contributed by atoms with Crippen LogP contribution in [-0.4, -0.2) is 35.3 Å². The van der Waals surface area contributed by atoms with Crippen molar-refractivity contribution >= 4 is 22.4 Å². The summed E-state index contributed by atoms with van der Waals surface area (Å²) in [5, 5.41) is 9.78. The van der Waals surface area contributed by atoms with Crippen molar-refractivity contribution in [2.75, 3.05) is 30.8 Å². The molecule has 1 heterocycles. The number of rotatable bonds is 6. The summed E-state index contributed by atoms with van der Waals surface area (Å²) in [7, 11) is 2.02. The Morgan fingerprint density at radius 2 is 2.05 bits per heavy atom. The van der Waals surface area contributed by atoms with Crippen LogP contribution >= 0.6 is 0 Å². The lowest BCUT2D eigenvalue weighted by Gasteiger charge is -2.19. The molecule has 0 bridgehead atoms. The lowest BCUT2D eigenvalue weighted by Crippen LogP contribution is -2.20. The van der Waals surface area contributed by atoms with Gasteiger partial charge in [0.25, 0.3) is 0 Å². The molecule has 0 saturated heterocycles. The van der Waals surface area contributed by atoms with E-state index in [1.54, 1.807) is 6.33 Å². The minimum Gasteiger partial charge on any atom is -0.399 e. The van der Waals surface area contributed by atoms with E-state index in [1.165, 1.54) is 0 Å². The van der Waals surface area contributed by atoms with Crippen molar-refractivity contribution in [3.05, 3.63) is 24.5 Å². The number of nitrogens with zero attached hydrogens (tertiary/aromatic N) is 3. The van der Waals surface area contributed by atoms with Crippen LogP contribution in [-0.2, 0) is 0 Å². The number of anilines is 2. The molecule has 1 aromatic heterocycles. The number of aromatic nitrogens is 2. The van der Waals surface area contributed by atoms with Crippen molar-refractivity contribution in [3.63, 3.8) is 0 Å². The highest BCUT2D eigenvalue weighted by Gasteiger charge is 2.08. The first-order valence-electron chi connectivity index (χ1n) is 6.54. The largest absolute Gasteiger partial charge is 0.399 e. The van der Waals surface area contributed by atoms with Crippen LogP contribution in [0.25, 0.3) is 10.9 Å². The number of nitrogen functional groups attached to an aromatic ring is 1. The summed E-state index contributed by atoms with van der Waals surface area (Å²) in [5.41, 5.74) is 7.34. The fourth-order valence-corrected chi connectivity index (χ4v) is 2.11. The van der Waals surface area contributed by atoms with E-state index in [0.717, 1.165) is 42.5 Å². The van der Waals surface area contributed by atoms with Gasteiger partial charge in [0.2, 0.25) is 0 Å². The average Bonchev–Trinajstić information content (AvgIpc) is 2.42. The monoisotopic (exact) mass is 260 g/mol. The molecule has 3 N–H and O–H groups in total. The van der Waals surface area contributed by atoms with Gasteiger partial charge < -0.3 is 15.7 Å². The van der Waals surface area contributed by atoms with Crippen molar-refractivity contribution in [1.29, 1.82) is 0 Å². The molecule has 2 rings (SSSR count). The third kappa shape index (κ3) is 3.32. The summed E-state index contributed by atoms with van der Waals surface area (Å²) in [6.07, 6.45) is 4.49. The zero-order valence-corrected chi connectivity index (χ0v) is 11.2. The van der Waals surface area contributed by atoms with E-state index in [1.807, 2.05) is 25.2 Å². The number of hydrogen-bond acceptors (Lipinski definition) is 5. The Morgan fingerprint density at radius 1 is 1.21 bits per heavy atom. The summed E-state index contributed by atoms with van der Waals surface area (Å²) >= 11 is 0. The third-order valence-electron chi connectivity index (χ3n) is 3.15. The number of benzene rings is 1. The third-order valence-corrected chi connectivity index (χ3v) is 3.15. The van der Waals surface area contributed by atoms with E-state index in [9.17, 15) is 0 Å². The van der Waals surface area contributed by atoms with Gasteiger partial charge >= 0.3 is 0 Å². The Hall–Kier alpha value is -1.88. The van der Waals surface area contributed by atoms with Crippen LogP contribution in [0.5, 0.6) is 0 Å². The highest BCUT2D eigenvalue weighted by atomic mass is 16.2. The molecule has 0 radical (unpaired) electrons. The zero-order chi connectivity index (χ0) is 13.7. The molecule has 0 fully saturated rings. The summed E-state index contributed by atoms with van der Waals surface area (Å²) in [4.78, 5) is 10.7. The van der Waals surface area contributed by atoms with Crippen LogP contribution in [0.4, 0.5) is 11.5 Å². The molecule has 2 aromatic rings. The number of fused-ring (bicyclic) bond motifs is 1. The SMILES string of the molecule is CN(CCCCCO)c1ncnc2cc(N)ccc12. The molecular formula is C14H20N4O. The fourth-order valence-electron chi connectivity index (χ4n) is 2.11. The smallest absolute Gasteiger partial charge is 0.139 e. The molecule has 0 spiro atoms. The Labute approximate surface area is 113 Å². The normalized spacial score (nSPS) is 10.8. The van der Waals surface area contributed by atoms with Crippen molar-refractivity contribution in [1.82, 2.24) is 9.97 Å². The lowest BCUT2D eigenvalue weighted by molar-refractivity contribution is 0.283. The van der Waals surface area contributed by atoms with E-state index in [2.05, 4.69) is 14.9 Å². The van der Waals surface area contributed by atoms with Gasteiger partial charge in [0.15, 0.2) is 0 Å². The van der Waals surface area contributed by atoms with Crippen LogP contribution in [0.2, 0.25) is 0 Å². The summed E-state index contributed by atoms with van der Waals surface area (Å²) in [6, 6.07) is 5.69. The predicted octanol–water partition coefficient (Wildman–Crippen LogP) is 1.81. The van der Waals surface area contributed by atoms with Gasteiger partial charge in [-0.05, 0) is 37.5 Å². The lowest BCUT2D eigenvalue weighted by atomic mass is 10.2. The molecule has 0 aliphatic rings. The van der Waals surface area contributed by atoms with Crippen LogP contribution < -0.4 is 10.6 Å². The van der Waals surface area contributed by atoms with E-state index in [-0.39, 0.29) is 6.61 Å². The Balaban J connectivity index is 2.15. The Kier molecular flexibility index (Phi) is 4.52. The van der Waals surface area contributed by atoms with Gasteiger partial charge in [0.1, 0.15) is 12.1 Å². The van der Waals surface area contributed by atoms with E-state index < -0.39 is 0 Å². The quantitative estimate of drug-likeness (QED) is 0.612. The molecule has 0 amide bonds. The van der Waals surface area contributed by atoms with Gasteiger partial charge in [-0.15, -0.1) is 0 Å². The maximum Gasteiger partial charge on any atom is 0.139 e. The minimum atomic E-state index is 0.263. The van der Waals surface area contributed by atoms with Gasteiger partial charge in [0.05, 0.1) is 5.52 Å². The first kappa shape index (κ1) is 13.5. The molecule has 0 unspecified atom stereocenters. The highest BCUT2D eigenvalue weighted by Crippen LogP contribution is 2.23. The first-order valence-corrected chi connectivity index (χ1v) is 6.54. The molecule has 1 aromatic carbocycles. The Bertz CT molecular complexity index is 544. The molecular weight excluding hydrogens is 240 g/mol.